The summed E-state index contributed by atoms with van der Waals surface area (Å²) < 4.78 is 62.9. The molecule has 4 aliphatic rings. The molecule has 0 saturated carbocycles. The van der Waals surface area contributed by atoms with E-state index in [0.29, 0.717) is 13.0 Å². The van der Waals surface area contributed by atoms with Crippen molar-refractivity contribution in [1.29, 1.82) is 0 Å². The minimum atomic E-state index is -2.61. The molecule has 59 heavy (non-hydrogen) atoms. The fraction of sp³-hybridized carbons (Fsp3) is 0.622. The Bertz CT molecular complexity index is 1750. The van der Waals surface area contributed by atoms with E-state index < -0.39 is 133 Å². The van der Waals surface area contributed by atoms with Crippen molar-refractivity contribution in [2.24, 2.45) is 5.92 Å². The summed E-state index contributed by atoms with van der Waals surface area (Å²) in [5.74, 6) is -8.91. The first kappa shape index (κ1) is 45.7. The molecule has 0 aromatic heterocycles. The maximum atomic E-state index is 14.1. The molecule has 1 aromatic carbocycles. The molecule has 12 unspecified atom stereocenters. The number of nitrogens with one attached hydrogen (secondary N) is 1. The number of alkyl carbamates (subject to hydrolysis) is 1. The van der Waals surface area contributed by atoms with Gasteiger partial charge in [-0.1, -0.05) is 48.0 Å². The van der Waals surface area contributed by atoms with Crippen LogP contribution in [0.5, 0.6) is 0 Å². The Morgan fingerprint density at radius 1 is 0.898 bits per heavy atom. The van der Waals surface area contributed by atoms with Crippen LogP contribution in [0.3, 0.4) is 0 Å². The molecular formula is C37H46NO19PS. The van der Waals surface area contributed by atoms with Crippen LogP contribution in [0.4, 0.5) is 4.79 Å². The minimum Gasteiger partial charge on any atom is -0.466 e. The van der Waals surface area contributed by atoms with Gasteiger partial charge in [-0.05, 0) is 13.0 Å². The van der Waals surface area contributed by atoms with Gasteiger partial charge in [-0.15, -0.1) is 0 Å². The fourth-order valence-corrected chi connectivity index (χ4v) is 9.44. The van der Waals surface area contributed by atoms with Gasteiger partial charge >= 0.3 is 41.9 Å². The van der Waals surface area contributed by atoms with Crippen LogP contribution in [-0.4, -0.2) is 146 Å². The summed E-state index contributed by atoms with van der Waals surface area (Å²) in [6.45, 7) is 2.02. The second-order valence-electron chi connectivity index (χ2n) is 14.0. The second kappa shape index (κ2) is 19.8. The Morgan fingerprint density at radius 2 is 1.59 bits per heavy atom. The lowest BCUT2D eigenvalue weighted by Gasteiger charge is -2.48. The highest BCUT2D eigenvalue weighted by molar-refractivity contribution is 8.49. The van der Waals surface area contributed by atoms with Crippen LogP contribution in [0.25, 0.3) is 0 Å². The summed E-state index contributed by atoms with van der Waals surface area (Å²) in [7, 11) is 2.51. The van der Waals surface area contributed by atoms with Crippen LogP contribution in [0.15, 0.2) is 30.3 Å². The highest BCUT2D eigenvalue weighted by atomic mass is 32.7. The summed E-state index contributed by atoms with van der Waals surface area (Å²) in [5, 5.41) is 15.0. The van der Waals surface area contributed by atoms with Crippen LogP contribution in [0, 0.1) is 5.92 Å². The molecule has 1 amide bonds. The Labute approximate surface area is 343 Å². The molecule has 22 heteroatoms. The highest BCUT2D eigenvalue weighted by Gasteiger charge is 2.64. The molecule has 20 nitrogen and oxygen atoms in total. The first-order chi connectivity index (χ1) is 28.0. The number of aliphatic hydroxyl groups excluding tert-OH is 1. The number of ether oxygens (including phenoxy) is 11. The van der Waals surface area contributed by atoms with Crippen molar-refractivity contribution in [2.75, 3.05) is 27.4 Å². The normalized spacial score (nSPS) is 30.5. The minimum absolute atomic E-state index is 0.0288. The van der Waals surface area contributed by atoms with E-state index in [4.69, 9.17) is 52.1 Å². The number of carbonyl (C=O) groups is 7. The van der Waals surface area contributed by atoms with Gasteiger partial charge in [0.15, 0.2) is 12.2 Å². The fourth-order valence-electron chi connectivity index (χ4n) is 7.48. The third-order valence-electron chi connectivity index (χ3n) is 9.89. The lowest BCUT2D eigenvalue weighted by molar-refractivity contribution is -0.340. The topological polar surface area (TPSA) is 253 Å². The molecule has 0 radical (unpaired) electrons. The van der Waals surface area contributed by atoms with E-state index in [-0.39, 0.29) is 19.4 Å². The van der Waals surface area contributed by atoms with Crippen molar-refractivity contribution >= 4 is 67.0 Å². The monoisotopic (exact) mass is 871 g/mol. The number of rotatable bonds is 18. The predicted octanol–water partition coefficient (Wildman–Crippen LogP) is 1.13. The van der Waals surface area contributed by atoms with E-state index in [2.05, 4.69) is 11.6 Å². The number of aliphatic hydroxyl groups is 1. The summed E-state index contributed by atoms with van der Waals surface area (Å²) in [4.78, 5) is 87.9. The highest BCUT2D eigenvalue weighted by Crippen LogP contribution is 2.49. The van der Waals surface area contributed by atoms with E-state index in [1.165, 1.54) is 0 Å². The third-order valence-corrected chi connectivity index (χ3v) is 12.0. The maximum absolute atomic E-state index is 14.1. The molecule has 0 aliphatic carbocycles. The van der Waals surface area contributed by atoms with Crippen molar-refractivity contribution in [3.8, 4) is 0 Å². The number of hydrogen-bond acceptors (Lipinski definition) is 20. The lowest BCUT2D eigenvalue weighted by atomic mass is 9.82. The molecule has 5 rings (SSSR count). The van der Waals surface area contributed by atoms with Gasteiger partial charge in [0.1, 0.15) is 43.2 Å². The van der Waals surface area contributed by atoms with Crippen molar-refractivity contribution in [3.05, 3.63) is 35.9 Å². The molecule has 1 aromatic rings. The molecule has 4 heterocycles. The van der Waals surface area contributed by atoms with Crippen LogP contribution >= 0.6 is 18.8 Å². The van der Waals surface area contributed by atoms with Gasteiger partial charge in [0, 0.05) is 33.1 Å². The standard InChI is InChI=1S/C37H46NO19PS/c1-18(39)50-17-26(51-19(2)40)31(52-20(3)41)30-22-12-27(42)53-23(22)13-36(56-30,33(44)47-4)55-25(16-49-15-21-10-8-7-9-11-21)29(43)32-28-24(54-35(46)38-28)14-37(57-32,59-58-6)34(45)48-5/h7-11,22-26,28-32,43H,6,12-17H2,1-5H3,(H,38,46). The molecule has 0 bridgehead atoms. The van der Waals surface area contributed by atoms with Gasteiger partial charge in [-0.25, -0.2) is 14.4 Å². The van der Waals surface area contributed by atoms with Crippen LogP contribution in [0.2, 0.25) is 0 Å². The van der Waals surface area contributed by atoms with E-state index >= 15 is 0 Å². The zero-order chi connectivity index (χ0) is 43.1. The first-order valence-corrected chi connectivity index (χ1v) is 20.8. The Morgan fingerprint density at radius 3 is 2.22 bits per heavy atom. The molecular weight excluding hydrogens is 825 g/mol. The van der Waals surface area contributed by atoms with Crippen LogP contribution < -0.4 is 5.32 Å². The summed E-state index contributed by atoms with van der Waals surface area (Å²) in [6, 6.07) is 7.82. The summed E-state index contributed by atoms with van der Waals surface area (Å²) >= 11 is 0.912. The van der Waals surface area contributed by atoms with Gasteiger partial charge in [0.25, 0.3) is 5.79 Å². The number of fused-ring (bicyclic) bond motifs is 2. The Hall–Kier alpha value is -4.37. The number of benzene rings is 1. The first-order valence-electron chi connectivity index (χ1n) is 18.3. The average Bonchev–Trinajstić information content (AvgIpc) is 3.76. The van der Waals surface area contributed by atoms with Crippen LogP contribution in [0.1, 0.15) is 45.6 Å². The Kier molecular flexibility index (Phi) is 15.3. The largest absolute Gasteiger partial charge is 0.466 e. The third kappa shape index (κ3) is 10.7. The number of esters is 6. The van der Waals surface area contributed by atoms with Gasteiger partial charge < -0.3 is 62.5 Å². The van der Waals surface area contributed by atoms with Gasteiger partial charge in [0.05, 0.1) is 46.3 Å². The SMILES string of the molecule is C=PSC1(C(=O)OC)CC2OC(=O)NC2C(C(O)C(COCc2ccccc2)OC2(C(=O)OC)CC3OC(=O)CC3C(C(OC(C)=O)C(COC(C)=O)OC(C)=O)O2)O1. The molecule has 12 atom stereocenters. The van der Waals surface area contributed by atoms with E-state index in [1.807, 2.05) is 0 Å². The lowest BCUT2D eigenvalue weighted by Crippen LogP contribution is -2.66. The molecule has 324 valence electrons. The maximum Gasteiger partial charge on any atom is 0.407 e. The van der Waals surface area contributed by atoms with Crippen molar-refractivity contribution in [1.82, 2.24) is 5.32 Å². The van der Waals surface area contributed by atoms with Gasteiger partial charge in [-0.3, -0.25) is 19.2 Å². The van der Waals surface area contributed by atoms with Crippen molar-refractivity contribution in [2.45, 2.75) is 112 Å². The molecule has 4 fully saturated rings. The van der Waals surface area contributed by atoms with Gasteiger partial charge in [0.2, 0.25) is 4.93 Å². The number of carbonyl (C=O) groups excluding carboxylic acids is 7. The van der Waals surface area contributed by atoms with E-state index in [0.717, 1.165) is 46.4 Å². The Balaban J connectivity index is 1.59. The number of amides is 1. The molecule has 4 aliphatic heterocycles. The molecule has 4 saturated heterocycles. The zero-order valence-electron chi connectivity index (χ0n) is 32.8. The van der Waals surface area contributed by atoms with Crippen LogP contribution in [-0.2, 0) is 87.5 Å². The van der Waals surface area contributed by atoms with E-state index in [9.17, 15) is 38.7 Å². The van der Waals surface area contributed by atoms with Crippen molar-refractivity contribution in [3.63, 3.8) is 0 Å². The van der Waals surface area contributed by atoms with E-state index in [1.54, 1.807) is 30.3 Å². The smallest absolute Gasteiger partial charge is 0.407 e. The summed E-state index contributed by atoms with van der Waals surface area (Å²) in [5.41, 5.74) is 0.715. The number of methoxy groups -OCH3 is 2. The quantitative estimate of drug-likeness (QED) is 0.119. The average molecular weight is 872 g/mol. The second-order valence-corrected chi connectivity index (χ2v) is 16.4. The van der Waals surface area contributed by atoms with Crippen molar-refractivity contribution < 1.29 is 90.8 Å². The zero-order valence-corrected chi connectivity index (χ0v) is 34.5. The predicted molar refractivity (Wildman–Crippen MR) is 200 cm³/mol. The molecule has 2 N–H and O–H groups in total. The number of hydrogen-bond donors (Lipinski definition) is 2. The van der Waals surface area contributed by atoms with Gasteiger partial charge in [-0.2, -0.15) is 0 Å². The molecule has 0 spiro atoms. The summed E-state index contributed by atoms with van der Waals surface area (Å²) in [6.07, 6.45) is -10.2.